The van der Waals surface area contributed by atoms with Crippen molar-refractivity contribution in [3.8, 4) is 22.6 Å². The molecule has 0 aliphatic carbocycles. The van der Waals surface area contributed by atoms with Crippen LogP contribution in [0.15, 0.2) is 49.2 Å². The molecule has 10 nitrogen and oxygen atoms in total. The van der Waals surface area contributed by atoms with Crippen LogP contribution >= 0.6 is 11.6 Å². The zero-order valence-corrected chi connectivity index (χ0v) is 19.8. The molecule has 0 aromatic carbocycles. The predicted molar refractivity (Wildman–Crippen MR) is 125 cm³/mol. The van der Waals surface area contributed by atoms with Crippen molar-refractivity contribution in [1.82, 2.24) is 43.9 Å². The van der Waals surface area contributed by atoms with E-state index in [4.69, 9.17) is 11.6 Å². The van der Waals surface area contributed by atoms with E-state index in [1.807, 2.05) is 0 Å². The number of aryl methyl sites for hydroxylation is 1. The van der Waals surface area contributed by atoms with Gasteiger partial charge in [0.05, 0.1) is 35.3 Å². The van der Waals surface area contributed by atoms with E-state index < -0.39 is 30.4 Å². The van der Waals surface area contributed by atoms with Gasteiger partial charge in [-0.3, -0.25) is 9.25 Å². The maximum Gasteiger partial charge on any atom is 0.404 e. The van der Waals surface area contributed by atoms with E-state index in [1.54, 1.807) is 46.9 Å². The lowest BCUT2D eigenvalue weighted by molar-refractivity contribution is -0.0618. The van der Waals surface area contributed by atoms with Gasteiger partial charge in [-0.1, -0.05) is 11.6 Å². The zero-order chi connectivity index (χ0) is 25.9. The van der Waals surface area contributed by atoms with Crippen LogP contribution in [0.1, 0.15) is 11.9 Å². The van der Waals surface area contributed by atoms with Crippen LogP contribution in [0.5, 0.6) is 0 Å². The monoisotopic (exact) mass is 532 g/mol. The molecule has 190 valence electrons. The molecule has 37 heavy (non-hydrogen) atoms. The third-order valence-corrected chi connectivity index (χ3v) is 6.42. The molecule has 0 unspecified atom stereocenters. The average molecular weight is 533 g/mol. The van der Waals surface area contributed by atoms with Gasteiger partial charge in [-0.05, 0) is 12.1 Å². The van der Waals surface area contributed by atoms with Gasteiger partial charge in [-0.15, -0.1) is 10.2 Å². The highest BCUT2D eigenvalue weighted by atomic mass is 35.5. The maximum atomic E-state index is 15.2. The van der Waals surface area contributed by atoms with Crippen LogP contribution in [0, 0.1) is 5.82 Å². The van der Waals surface area contributed by atoms with E-state index in [0.29, 0.717) is 45.9 Å². The molecular weight excluding hydrogens is 516 g/mol. The van der Waals surface area contributed by atoms with Crippen LogP contribution in [0.25, 0.3) is 22.6 Å². The van der Waals surface area contributed by atoms with Crippen molar-refractivity contribution in [2.45, 2.75) is 18.6 Å². The van der Waals surface area contributed by atoms with Crippen molar-refractivity contribution >= 4 is 23.2 Å². The summed E-state index contributed by atoms with van der Waals surface area (Å²) in [6, 6.07) is 0.344. The summed E-state index contributed by atoms with van der Waals surface area (Å²) >= 11 is 6.45. The second-order valence-electron chi connectivity index (χ2n) is 8.45. The lowest BCUT2D eigenvalue weighted by Gasteiger charge is -2.27. The number of alkyl halides is 3. The minimum atomic E-state index is -3.86. The molecule has 1 aliphatic rings. The Morgan fingerprint density at radius 3 is 2.70 bits per heavy atom. The summed E-state index contributed by atoms with van der Waals surface area (Å²) in [6.45, 7) is -0.917. The molecule has 0 amide bonds. The fourth-order valence-electron chi connectivity index (χ4n) is 4.35. The summed E-state index contributed by atoms with van der Waals surface area (Å²) < 4.78 is 62.4. The molecule has 0 saturated heterocycles. The van der Waals surface area contributed by atoms with Crippen molar-refractivity contribution in [2.24, 2.45) is 7.05 Å². The van der Waals surface area contributed by atoms with Crippen LogP contribution in [0.4, 0.5) is 29.2 Å². The quantitative estimate of drug-likeness (QED) is 0.326. The molecule has 6 rings (SSSR count). The average Bonchev–Trinajstić information content (AvgIpc) is 3.66. The third-order valence-electron chi connectivity index (χ3n) is 6.12. The predicted octanol–water partition coefficient (Wildman–Crippen LogP) is 4.40. The van der Waals surface area contributed by atoms with E-state index >= 15 is 8.78 Å². The maximum absolute atomic E-state index is 15.2. The van der Waals surface area contributed by atoms with Gasteiger partial charge >= 0.3 is 6.05 Å². The first-order chi connectivity index (χ1) is 17.8. The van der Waals surface area contributed by atoms with Gasteiger partial charge in [0.2, 0.25) is 5.82 Å². The Hall–Kier alpha value is -4.20. The standard InChI is InChI=1S/C22H17ClF4N10/c1-34-19(2-3-29-34)31-18-5-15(16(23)8-28-18)12-4-17-20-32-33-21(22(26,27)36-10-13(25)7-30-36)37(20)14(6-24)11-35(17)9-12/h2-5,7-10,14H,6,11H2,1H3,(H,28,31)/t14-/m0/s1. The third kappa shape index (κ3) is 3.75. The lowest BCUT2D eigenvalue weighted by Crippen LogP contribution is -2.33. The number of rotatable bonds is 6. The number of hydrogen-bond donors (Lipinski definition) is 1. The largest absolute Gasteiger partial charge is 0.404 e. The van der Waals surface area contributed by atoms with E-state index in [0.717, 1.165) is 4.57 Å². The van der Waals surface area contributed by atoms with E-state index in [9.17, 15) is 8.78 Å². The van der Waals surface area contributed by atoms with Gasteiger partial charge in [0, 0.05) is 43.2 Å². The number of hydrogen-bond acceptors (Lipinski definition) is 6. The summed E-state index contributed by atoms with van der Waals surface area (Å²) in [4.78, 5) is 4.30. The molecule has 1 atom stereocenters. The number of pyridine rings is 1. The van der Waals surface area contributed by atoms with Crippen molar-refractivity contribution < 1.29 is 17.6 Å². The number of halogens is 5. The smallest absolute Gasteiger partial charge is 0.342 e. The number of fused-ring (bicyclic) bond motifs is 3. The fourth-order valence-corrected chi connectivity index (χ4v) is 4.57. The Morgan fingerprint density at radius 1 is 1.16 bits per heavy atom. The lowest BCUT2D eigenvalue weighted by atomic mass is 10.1. The Bertz CT molecular complexity index is 1620. The minimum Gasteiger partial charge on any atom is -0.342 e. The number of anilines is 2. The number of nitrogens with one attached hydrogen (secondary N) is 1. The topological polar surface area (TPSA) is 96.2 Å². The van der Waals surface area contributed by atoms with E-state index in [-0.39, 0.29) is 17.1 Å². The number of nitrogens with zero attached hydrogens (tertiary/aromatic N) is 9. The van der Waals surface area contributed by atoms with Crippen molar-refractivity contribution in [1.29, 1.82) is 0 Å². The van der Waals surface area contributed by atoms with Crippen LogP contribution in [-0.2, 0) is 19.6 Å². The highest BCUT2D eigenvalue weighted by Gasteiger charge is 2.45. The summed E-state index contributed by atoms with van der Waals surface area (Å²) in [5.74, 6) is -0.524. The van der Waals surface area contributed by atoms with Gasteiger partial charge in [0.25, 0.3) is 0 Å². The molecule has 1 aliphatic heterocycles. The first kappa shape index (κ1) is 23.2. The van der Waals surface area contributed by atoms with Gasteiger partial charge < -0.3 is 9.88 Å². The van der Waals surface area contributed by atoms with Crippen molar-refractivity contribution in [2.75, 3.05) is 12.0 Å². The molecule has 0 radical (unpaired) electrons. The highest BCUT2D eigenvalue weighted by Crippen LogP contribution is 2.40. The summed E-state index contributed by atoms with van der Waals surface area (Å²) in [6.07, 6.45) is 6.06. The summed E-state index contributed by atoms with van der Waals surface area (Å²) in [5, 5.41) is 18.6. The SMILES string of the molecule is Cn1nccc1Nc1cc(-c2cc3n(c2)C[C@H](CF)n2c-3nnc2C(F)(F)n2cc(F)cn2)c(Cl)cn1. The Kier molecular flexibility index (Phi) is 5.29. The molecule has 5 aromatic rings. The van der Waals surface area contributed by atoms with Gasteiger partial charge in [0.15, 0.2) is 11.6 Å². The second-order valence-corrected chi connectivity index (χ2v) is 8.86. The van der Waals surface area contributed by atoms with Crippen LogP contribution < -0.4 is 5.32 Å². The molecule has 0 saturated carbocycles. The summed E-state index contributed by atoms with van der Waals surface area (Å²) in [5.41, 5.74) is 1.70. The molecule has 15 heteroatoms. The molecule has 0 bridgehead atoms. The summed E-state index contributed by atoms with van der Waals surface area (Å²) in [7, 11) is 1.78. The van der Waals surface area contributed by atoms with Crippen molar-refractivity contribution in [3.63, 3.8) is 0 Å². The van der Waals surface area contributed by atoms with Gasteiger partial charge in [0.1, 0.15) is 18.3 Å². The first-order valence-electron chi connectivity index (χ1n) is 11.0. The first-order valence-corrected chi connectivity index (χ1v) is 11.4. The molecule has 0 fully saturated rings. The van der Waals surface area contributed by atoms with Gasteiger partial charge in [-0.2, -0.15) is 23.7 Å². The highest BCUT2D eigenvalue weighted by molar-refractivity contribution is 6.33. The Balaban J connectivity index is 1.41. The molecule has 0 spiro atoms. The number of aromatic nitrogens is 9. The van der Waals surface area contributed by atoms with Crippen LogP contribution in [-0.4, -0.2) is 50.6 Å². The Labute approximate surface area is 211 Å². The normalized spacial score (nSPS) is 15.0. The zero-order valence-electron chi connectivity index (χ0n) is 19.0. The fraction of sp³-hybridized carbons (Fsp3) is 0.227. The van der Waals surface area contributed by atoms with Crippen LogP contribution in [0.2, 0.25) is 5.02 Å². The van der Waals surface area contributed by atoms with Gasteiger partial charge in [-0.25, -0.2) is 13.8 Å². The van der Waals surface area contributed by atoms with E-state index in [2.05, 4.69) is 30.7 Å². The van der Waals surface area contributed by atoms with E-state index in [1.165, 1.54) is 6.20 Å². The molecule has 1 N–H and O–H groups in total. The minimum absolute atomic E-state index is 0.0379. The molecule has 6 heterocycles. The molecular formula is C22H17ClF4N10. The second kappa shape index (κ2) is 8.44. The van der Waals surface area contributed by atoms with Crippen LogP contribution in [0.3, 0.4) is 0 Å². The molecule has 5 aromatic heterocycles. The van der Waals surface area contributed by atoms with Crippen molar-refractivity contribution in [3.05, 3.63) is 65.8 Å². The Morgan fingerprint density at radius 2 is 2.00 bits per heavy atom.